The van der Waals surface area contributed by atoms with Gasteiger partial charge in [0.15, 0.2) is 6.61 Å². The SMILES string of the molecule is O=C(COC(=O)c1ccccc1Cl)NCCC(c1ccccc1)c1ccccc1. The van der Waals surface area contributed by atoms with Crippen molar-refractivity contribution in [3.63, 3.8) is 0 Å². The molecule has 0 bridgehead atoms. The second kappa shape index (κ2) is 10.4. The van der Waals surface area contributed by atoms with Gasteiger partial charge in [0.05, 0.1) is 10.6 Å². The standard InChI is InChI=1S/C24H22ClNO3/c25-22-14-8-7-13-21(22)24(28)29-17-23(27)26-16-15-20(18-9-3-1-4-10-18)19-11-5-2-6-12-19/h1-14,20H,15-17H2,(H,26,27). The summed E-state index contributed by atoms with van der Waals surface area (Å²) in [5, 5.41) is 3.12. The molecule has 1 amide bonds. The molecule has 0 unspecified atom stereocenters. The highest BCUT2D eigenvalue weighted by atomic mass is 35.5. The molecule has 1 N–H and O–H groups in total. The number of nitrogens with one attached hydrogen (secondary N) is 1. The molecule has 0 aliphatic carbocycles. The number of carbonyl (C=O) groups excluding carboxylic acids is 2. The monoisotopic (exact) mass is 407 g/mol. The van der Waals surface area contributed by atoms with E-state index in [1.807, 2.05) is 36.4 Å². The lowest BCUT2D eigenvalue weighted by Gasteiger charge is -2.18. The third-order valence-corrected chi connectivity index (χ3v) is 4.92. The Morgan fingerprint density at radius 1 is 0.828 bits per heavy atom. The van der Waals surface area contributed by atoms with E-state index in [0.717, 1.165) is 6.42 Å². The van der Waals surface area contributed by atoms with Crippen LogP contribution in [0.1, 0.15) is 33.8 Å². The number of hydrogen-bond donors (Lipinski definition) is 1. The van der Waals surface area contributed by atoms with E-state index in [1.165, 1.54) is 11.1 Å². The summed E-state index contributed by atoms with van der Waals surface area (Å²) in [5.74, 6) is -0.786. The van der Waals surface area contributed by atoms with E-state index in [-0.39, 0.29) is 24.0 Å². The largest absolute Gasteiger partial charge is 0.452 e. The summed E-state index contributed by atoms with van der Waals surface area (Å²) < 4.78 is 5.06. The van der Waals surface area contributed by atoms with Crippen molar-refractivity contribution in [2.45, 2.75) is 12.3 Å². The van der Waals surface area contributed by atoms with Crippen LogP contribution in [0.15, 0.2) is 84.9 Å². The van der Waals surface area contributed by atoms with Gasteiger partial charge in [-0.1, -0.05) is 84.4 Å². The van der Waals surface area contributed by atoms with Crippen molar-refractivity contribution in [1.29, 1.82) is 0 Å². The first kappa shape index (κ1) is 20.6. The Morgan fingerprint density at radius 3 is 1.97 bits per heavy atom. The minimum atomic E-state index is -0.614. The van der Waals surface area contributed by atoms with Gasteiger partial charge in [-0.05, 0) is 29.7 Å². The van der Waals surface area contributed by atoms with Gasteiger partial charge >= 0.3 is 5.97 Å². The minimum Gasteiger partial charge on any atom is -0.452 e. The molecular formula is C24H22ClNO3. The first-order valence-electron chi connectivity index (χ1n) is 9.43. The summed E-state index contributed by atoms with van der Waals surface area (Å²) in [6.45, 7) is 0.127. The van der Waals surface area contributed by atoms with Crippen LogP contribution in [0.2, 0.25) is 5.02 Å². The van der Waals surface area contributed by atoms with E-state index in [1.54, 1.807) is 24.3 Å². The van der Waals surface area contributed by atoms with Crippen molar-refractivity contribution in [2.24, 2.45) is 0 Å². The number of rotatable bonds is 8. The van der Waals surface area contributed by atoms with Crippen molar-refractivity contribution < 1.29 is 14.3 Å². The molecule has 3 aromatic rings. The molecule has 4 nitrogen and oxygen atoms in total. The zero-order valence-electron chi connectivity index (χ0n) is 15.9. The van der Waals surface area contributed by atoms with Gasteiger partial charge in [0.1, 0.15) is 0 Å². The summed E-state index contributed by atoms with van der Waals surface area (Å²) in [6.07, 6.45) is 0.734. The molecule has 0 spiro atoms. The van der Waals surface area contributed by atoms with Crippen LogP contribution in [0.25, 0.3) is 0 Å². The molecular weight excluding hydrogens is 386 g/mol. The van der Waals surface area contributed by atoms with Crippen LogP contribution in [-0.2, 0) is 9.53 Å². The zero-order chi connectivity index (χ0) is 20.5. The van der Waals surface area contributed by atoms with Crippen LogP contribution in [0.4, 0.5) is 0 Å². The average Bonchev–Trinajstić information content (AvgIpc) is 2.76. The maximum Gasteiger partial charge on any atom is 0.340 e. The van der Waals surface area contributed by atoms with E-state index in [0.29, 0.717) is 11.6 Å². The molecule has 0 saturated carbocycles. The summed E-state index contributed by atoms with van der Waals surface area (Å²) in [6, 6.07) is 27.0. The fourth-order valence-corrected chi connectivity index (χ4v) is 3.35. The van der Waals surface area contributed by atoms with E-state index in [4.69, 9.17) is 16.3 Å². The van der Waals surface area contributed by atoms with E-state index >= 15 is 0 Å². The topological polar surface area (TPSA) is 55.4 Å². The maximum absolute atomic E-state index is 12.1. The predicted octanol–water partition coefficient (Wildman–Crippen LogP) is 4.84. The summed E-state index contributed by atoms with van der Waals surface area (Å²) in [4.78, 5) is 24.1. The molecule has 0 saturated heterocycles. The Balaban J connectivity index is 1.52. The summed E-state index contributed by atoms with van der Waals surface area (Å²) >= 11 is 5.97. The number of amides is 1. The lowest BCUT2D eigenvalue weighted by Crippen LogP contribution is -2.30. The Labute approximate surface area is 175 Å². The third-order valence-electron chi connectivity index (χ3n) is 4.59. The summed E-state index contributed by atoms with van der Waals surface area (Å²) in [7, 11) is 0. The number of ether oxygens (including phenoxy) is 1. The molecule has 0 aliphatic heterocycles. The number of benzene rings is 3. The third kappa shape index (κ3) is 5.93. The molecule has 5 heteroatoms. The van der Waals surface area contributed by atoms with Gasteiger partial charge in [-0.2, -0.15) is 0 Å². The highest BCUT2D eigenvalue weighted by Crippen LogP contribution is 2.27. The second-order valence-electron chi connectivity index (χ2n) is 6.57. The molecule has 0 heterocycles. The molecule has 0 aromatic heterocycles. The normalized spacial score (nSPS) is 10.6. The number of halogens is 1. The Morgan fingerprint density at radius 2 is 1.38 bits per heavy atom. The predicted molar refractivity (Wildman–Crippen MR) is 114 cm³/mol. The van der Waals surface area contributed by atoms with E-state index < -0.39 is 5.97 Å². The molecule has 0 fully saturated rings. The highest BCUT2D eigenvalue weighted by Gasteiger charge is 2.15. The Kier molecular flexibility index (Phi) is 7.42. The van der Waals surface area contributed by atoms with Gasteiger partial charge in [-0.15, -0.1) is 0 Å². The zero-order valence-corrected chi connectivity index (χ0v) is 16.6. The number of hydrogen-bond acceptors (Lipinski definition) is 3. The van der Waals surface area contributed by atoms with Gasteiger partial charge in [0.2, 0.25) is 0 Å². The van der Waals surface area contributed by atoms with Crippen LogP contribution in [-0.4, -0.2) is 25.0 Å². The smallest absolute Gasteiger partial charge is 0.340 e. The molecule has 3 aromatic carbocycles. The van der Waals surface area contributed by atoms with Crippen LogP contribution in [0.3, 0.4) is 0 Å². The maximum atomic E-state index is 12.1. The first-order chi connectivity index (χ1) is 14.1. The molecule has 148 valence electrons. The van der Waals surface area contributed by atoms with Crippen LogP contribution in [0, 0.1) is 0 Å². The first-order valence-corrected chi connectivity index (χ1v) is 9.81. The Bertz CT molecular complexity index is 905. The molecule has 0 radical (unpaired) electrons. The van der Waals surface area contributed by atoms with Crippen LogP contribution >= 0.6 is 11.6 Å². The quantitative estimate of drug-likeness (QED) is 0.544. The second-order valence-corrected chi connectivity index (χ2v) is 6.98. The fourth-order valence-electron chi connectivity index (χ4n) is 3.14. The van der Waals surface area contributed by atoms with Crippen LogP contribution < -0.4 is 5.32 Å². The number of esters is 1. The van der Waals surface area contributed by atoms with Gasteiger partial charge < -0.3 is 10.1 Å². The van der Waals surface area contributed by atoms with E-state index in [2.05, 4.69) is 29.6 Å². The lowest BCUT2D eigenvalue weighted by molar-refractivity contribution is -0.124. The van der Waals surface area contributed by atoms with Gasteiger partial charge in [0.25, 0.3) is 5.91 Å². The van der Waals surface area contributed by atoms with Gasteiger partial charge in [0, 0.05) is 12.5 Å². The van der Waals surface area contributed by atoms with Crippen molar-refractivity contribution in [3.05, 3.63) is 107 Å². The molecule has 0 atom stereocenters. The van der Waals surface area contributed by atoms with Crippen molar-refractivity contribution in [2.75, 3.05) is 13.2 Å². The van der Waals surface area contributed by atoms with E-state index in [9.17, 15) is 9.59 Å². The molecule has 29 heavy (non-hydrogen) atoms. The lowest BCUT2D eigenvalue weighted by atomic mass is 9.88. The average molecular weight is 408 g/mol. The van der Waals surface area contributed by atoms with Crippen LogP contribution in [0.5, 0.6) is 0 Å². The van der Waals surface area contributed by atoms with Crippen molar-refractivity contribution >= 4 is 23.5 Å². The summed E-state index contributed by atoms with van der Waals surface area (Å²) in [5.41, 5.74) is 2.63. The fraction of sp³-hybridized carbons (Fsp3) is 0.167. The highest BCUT2D eigenvalue weighted by molar-refractivity contribution is 6.33. The van der Waals surface area contributed by atoms with Crippen molar-refractivity contribution in [3.8, 4) is 0 Å². The van der Waals surface area contributed by atoms with Gasteiger partial charge in [-0.25, -0.2) is 4.79 Å². The number of carbonyl (C=O) groups is 2. The Hall–Kier alpha value is -3.11. The molecule has 0 aliphatic rings. The minimum absolute atomic E-state index is 0.170. The van der Waals surface area contributed by atoms with Crippen molar-refractivity contribution in [1.82, 2.24) is 5.32 Å². The molecule has 3 rings (SSSR count). The van der Waals surface area contributed by atoms with Gasteiger partial charge in [-0.3, -0.25) is 4.79 Å².